The Morgan fingerprint density at radius 2 is 1.00 bits per heavy atom. The van der Waals surface area contributed by atoms with Gasteiger partial charge in [-0.2, -0.15) is 0 Å². The van der Waals surface area contributed by atoms with Crippen molar-refractivity contribution in [1.82, 2.24) is 0 Å². The molecule has 7 heteroatoms. The summed E-state index contributed by atoms with van der Waals surface area (Å²) in [5.74, 6) is 4.79. The predicted octanol–water partition coefficient (Wildman–Crippen LogP) is 7.66. The van der Waals surface area contributed by atoms with Crippen LogP contribution in [0.2, 0.25) is 0 Å². The van der Waals surface area contributed by atoms with Crippen molar-refractivity contribution in [1.29, 1.82) is 0 Å². The Bertz CT molecular complexity index is 1580. The molecule has 41 heavy (non-hydrogen) atoms. The first-order chi connectivity index (χ1) is 20.0. The lowest BCUT2D eigenvalue weighted by Crippen LogP contribution is -2.26. The number of fused-ring (bicyclic) bond motifs is 7. The summed E-state index contributed by atoms with van der Waals surface area (Å²) in [7, 11) is 10.2. The molecule has 6 nitrogen and oxygen atoms in total. The van der Waals surface area contributed by atoms with Crippen LogP contribution in [0.25, 0.3) is 0 Å². The number of benzene rings is 4. The largest absolute Gasteiger partial charge is 0.497 e. The minimum Gasteiger partial charge on any atom is -0.497 e. The van der Waals surface area contributed by atoms with E-state index >= 15 is 0 Å². The van der Waals surface area contributed by atoms with Gasteiger partial charge in [-0.1, -0.05) is 24.3 Å². The number of methoxy groups -OCH3 is 6. The van der Waals surface area contributed by atoms with Gasteiger partial charge in [0.15, 0.2) is 0 Å². The average molecular weight is 618 g/mol. The molecule has 0 aromatic heterocycles. The molecule has 0 saturated carbocycles. The fraction of sp³-hybridized carbons (Fsp3) is 0.294. The molecule has 212 valence electrons. The molecule has 2 bridgehead atoms. The number of rotatable bonds is 8. The van der Waals surface area contributed by atoms with Crippen LogP contribution in [0.5, 0.6) is 34.5 Å². The van der Waals surface area contributed by atoms with Gasteiger partial charge in [-0.05, 0) is 68.5 Å². The molecular formula is C34H33BrO6. The molecule has 0 spiro atoms. The zero-order valence-electron chi connectivity index (χ0n) is 24.0. The van der Waals surface area contributed by atoms with Crippen molar-refractivity contribution in [2.75, 3.05) is 42.7 Å². The summed E-state index contributed by atoms with van der Waals surface area (Å²) in [4.78, 5) is 0. The molecule has 4 atom stereocenters. The number of halogens is 1. The van der Waals surface area contributed by atoms with Crippen LogP contribution in [0.3, 0.4) is 0 Å². The lowest BCUT2D eigenvalue weighted by Gasteiger charge is -2.40. The lowest BCUT2D eigenvalue weighted by molar-refractivity contribution is 0.372. The van der Waals surface area contributed by atoms with Crippen molar-refractivity contribution in [3.63, 3.8) is 0 Å². The predicted molar refractivity (Wildman–Crippen MR) is 162 cm³/mol. The second-order valence-electron chi connectivity index (χ2n) is 10.3. The first-order valence-electron chi connectivity index (χ1n) is 13.5. The summed E-state index contributed by atoms with van der Waals surface area (Å²) < 4.78 is 35.8. The Kier molecular flexibility index (Phi) is 7.24. The van der Waals surface area contributed by atoms with Gasteiger partial charge in [-0.25, -0.2) is 0 Å². The van der Waals surface area contributed by atoms with Crippen LogP contribution in [-0.4, -0.2) is 42.7 Å². The van der Waals surface area contributed by atoms with E-state index in [0.29, 0.717) is 0 Å². The number of hydrogen-bond donors (Lipinski definition) is 0. The Morgan fingerprint density at radius 1 is 0.463 bits per heavy atom. The summed E-state index contributed by atoms with van der Waals surface area (Å²) in [6, 6.07) is 22.9. The van der Waals surface area contributed by atoms with Crippen LogP contribution in [0, 0.1) is 0 Å². The third-order valence-corrected chi connectivity index (χ3v) is 9.50. The van der Waals surface area contributed by atoms with E-state index in [1.165, 1.54) is 16.7 Å². The Labute approximate surface area is 249 Å². The van der Waals surface area contributed by atoms with Gasteiger partial charge in [0.25, 0.3) is 0 Å². The molecule has 2 aliphatic rings. The van der Waals surface area contributed by atoms with Crippen molar-refractivity contribution >= 4 is 15.9 Å². The van der Waals surface area contributed by atoms with Gasteiger partial charge in [0.2, 0.25) is 0 Å². The third kappa shape index (κ3) is 4.21. The molecule has 4 unspecified atom stereocenters. The molecule has 2 aliphatic carbocycles. The monoisotopic (exact) mass is 616 g/mol. The zero-order valence-corrected chi connectivity index (χ0v) is 25.6. The molecule has 4 aromatic rings. The van der Waals surface area contributed by atoms with E-state index < -0.39 is 0 Å². The van der Waals surface area contributed by atoms with E-state index in [2.05, 4.69) is 46.3 Å². The fourth-order valence-corrected chi connectivity index (χ4v) is 7.74. The summed E-state index contributed by atoms with van der Waals surface area (Å²) >= 11 is 3.97. The molecule has 0 aliphatic heterocycles. The van der Waals surface area contributed by atoms with E-state index in [1.807, 2.05) is 36.4 Å². The molecule has 4 aromatic carbocycles. The second-order valence-corrected chi connectivity index (χ2v) is 11.1. The van der Waals surface area contributed by atoms with Crippen molar-refractivity contribution < 1.29 is 28.4 Å². The van der Waals surface area contributed by atoms with Crippen LogP contribution >= 0.6 is 15.9 Å². The first kappa shape index (κ1) is 27.3. The smallest absolute Gasteiger partial charge is 0.137 e. The topological polar surface area (TPSA) is 55.4 Å². The molecule has 0 saturated heterocycles. The molecule has 0 N–H and O–H groups in total. The van der Waals surface area contributed by atoms with Crippen LogP contribution in [0.15, 0.2) is 71.2 Å². The minimum absolute atomic E-state index is 0.0194. The molecule has 0 heterocycles. The van der Waals surface area contributed by atoms with Gasteiger partial charge in [0, 0.05) is 46.9 Å². The normalized spacial score (nSPS) is 20.1. The Hall–Kier alpha value is -3.84. The average Bonchev–Trinajstić information content (AvgIpc) is 3.31. The Morgan fingerprint density at radius 3 is 1.54 bits per heavy atom. The van der Waals surface area contributed by atoms with Gasteiger partial charge < -0.3 is 28.4 Å². The minimum atomic E-state index is -0.0468. The van der Waals surface area contributed by atoms with Gasteiger partial charge in [0.1, 0.15) is 34.5 Å². The summed E-state index contributed by atoms with van der Waals surface area (Å²) in [5.41, 5.74) is 7.04. The van der Waals surface area contributed by atoms with Crippen molar-refractivity contribution in [2.24, 2.45) is 0 Å². The van der Waals surface area contributed by atoms with Crippen molar-refractivity contribution in [2.45, 2.75) is 23.7 Å². The van der Waals surface area contributed by atoms with Crippen molar-refractivity contribution in [3.8, 4) is 34.5 Å². The van der Waals surface area contributed by atoms with Gasteiger partial charge in [-0.15, -0.1) is 0 Å². The number of ether oxygens (including phenoxy) is 6. The highest BCUT2D eigenvalue weighted by Crippen LogP contribution is 2.70. The summed E-state index contributed by atoms with van der Waals surface area (Å²) in [5, 5.41) is 0. The maximum Gasteiger partial charge on any atom is 0.137 e. The molecule has 0 fully saturated rings. The summed E-state index contributed by atoms with van der Waals surface area (Å²) in [6.07, 6.45) is 0. The maximum atomic E-state index is 6.09. The highest BCUT2D eigenvalue weighted by molar-refractivity contribution is 9.10. The SMILES string of the molecule is COc1ccc(C2c3c(OC)cc(OC)cc3C3c4c(OC)cc(OC)c(Br)c4C2C3c2ccc(OC)cc2)cc1. The summed E-state index contributed by atoms with van der Waals surface area (Å²) in [6.45, 7) is 0. The fourth-order valence-electron chi connectivity index (χ4n) is 6.99. The van der Waals surface area contributed by atoms with Crippen LogP contribution in [0.1, 0.15) is 57.1 Å². The first-order valence-corrected chi connectivity index (χ1v) is 14.3. The number of hydrogen-bond acceptors (Lipinski definition) is 6. The molecule has 0 amide bonds. The Balaban J connectivity index is 1.74. The molecular weight excluding hydrogens is 584 g/mol. The molecule has 0 radical (unpaired) electrons. The standard InChI is InChI=1S/C34H33BrO6/c1-36-20-11-7-18(8-12-20)27-29-23(15-22(38-3)16-24(29)39-4)30-28(19-9-13-21(37-2)14-10-19)32(27)33-31(30)25(40-5)17-26(41-6)34(33)35/h7-17,27-28,30,32H,1-6H3. The maximum absolute atomic E-state index is 6.09. The van der Waals surface area contributed by atoms with E-state index in [0.717, 1.165) is 55.7 Å². The third-order valence-electron chi connectivity index (χ3n) is 8.68. The van der Waals surface area contributed by atoms with E-state index in [-0.39, 0.29) is 23.7 Å². The van der Waals surface area contributed by atoms with Gasteiger partial charge in [-0.3, -0.25) is 0 Å². The van der Waals surface area contributed by atoms with Gasteiger partial charge in [0.05, 0.1) is 47.1 Å². The van der Waals surface area contributed by atoms with E-state index in [9.17, 15) is 0 Å². The van der Waals surface area contributed by atoms with Crippen LogP contribution < -0.4 is 28.4 Å². The zero-order chi connectivity index (χ0) is 28.8. The van der Waals surface area contributed by atoms with E-state index in [1.54, 1.807) is 42.7 Å². The second kappa shape index (κ2) is 10.9. The highest BCUT2D eigenvalue weighted by Gasteiger charge is 2.55. The van der Waals surface area contributed by atoms with Crippen molar-refractivity contribution in [3.05, 3.63) is 105 Å². The van der Waals surface area contributed by atoms with E-state index in [4.69, 9.17) is 28.4 Å². The van der Waals surface area contributed by atoms with Crippen LogP contribution in [0.4, 0.5) is 0 Å². The van der Waals surface area contributed by atoms with Crippen LogP contribution in [-0.2, 0) is 0 Å². The lowest BCUT2D eigenvalue weighted by atomic mass is 9.63. The quantitative estimate of drug-likeness (QED) is 0.203. The highest BCUT2D eigenvalue weighted by atomic mass is 79.9. The van der Waals surface area contributed by atoms with Gasteiger partial charge >= 0.3 is 0 Å². The molecule has 6 rings (SSSR count).